The smallest absolute Gasteiger partial charge is 0.128 e. The predicted octanol–water partition coefficient (Wildman–Crippen LogP) is 1.96. The number of pyridine rings is 1. The summed E-state index contributed by atoms with van der Waals surface area (Å²) in [5.74, 6) is 1.05. The van der Waals surface area contributed by atoms with Crippen LogP contribution in [0.1, 0.15) is 5.56 Å². The van der Waals surface area contributed by atoms with Crippen LogP contribution in [-0.4, -0.2) is 77.8 Å². The van der Waals surface area contributed by atoms with Gasteiger partial charge in [0.15, 0.2) is 0 Å². The van der Waals surface area contributed by atoms with E-state index in [-0.39, 0.29) is 12.1 Å². The average Bonchev–Trinajstić information content (AvgIpc) is 3.10. The van der Waals surface area contributed by atoms with Gasteiger partial charge in [0.05, 0.1) is 6.10 Å². The van der Waals surface area contributed by atoms with Crippen LogP contribution in [0.15, 0.2) is 60.8 Å². The van der Waals surface area contributed by atoms with E-state index in [0.717, 1.165) is 51.6 Å². The topological polar surface area (TPSA) is 42.8 Å². The van der Waals surface area contributed by atoms with Crippen molar-refractivity contribution in [2.45, 2.75) is 12.1 Å². The third kappa shape index (κ3) is 4.56. The van der Waals surface area contributed by atoms with Crippen LogP contribution >= 0.6 is 0 Å². The van der Waals surface area contributed by atoms with E-state index < -0.39 is 0 Å². The number of hydrogen-bond donors (Lipinski definition) is 1. The number of rotatable bonds is 5. The first-order chi connectivity index (χ1) is 13.3. The zero-order valence-corrected chi connectivity index (χ0v) is 15.7. The molecule has 0 unspecified atom stereocenters. The standard InChI is InChI=1S/C22H28N4O/c27-21-18-24(12-6-9-19-7-2-1-3-8-19)17-20(21)25-13-15-26(16-14-25)22-10-4-5-11-23-22/h1-11,20-21,27H,12-18H2/t20-,21-/m0/s1. The van der Waals surface area contributed by atoms with Gasteiger partial charge in [-0.15, -0.1) is 0 Å². The number of nitrogens with zero attached hydrogens (tertiary/aromatic N) is 4. The van der Waals surface area contributed by atoms with Gasteiger partial charge in [-0.25, -0.2) is 4.98 Å². The molecule has 0 spiro atoms. The minimum absolute atomic E-state index is 0.237. The maximum absolute atomic E-state index is 10.6. The molecule has 5 heteroatoms. The first kappa shape index (κ1) is 18.2. The molecule has 2 fully saturated rings. The highest BCUT2D eigenvalue weighted by Gasteiger charge is 2.36. The van der Waals surface area contributed by atoms with Gasteiger partial charge in [-0.1, -0.05) is 48.6 Å². The Bertz CT molecular complexity index is 728. The summed E-state index contributed by atoms with van der Waals surface area (Å²) in [6.45, 7) is 6.46. The third-order valence-corrected chi connectivity index (χ3v) is 5.56. The second kappa shape index (κ2) is 8.65. The van der Waals surface area contributed by atoms with E-state index in [1.54, 1.807) is 0 Å². The molecule has 1 N–H and O–H groups in total. The van der Waals surface area contributed by atoms with E-state index in [1.807, 2.05) is 24.4 Å². The summed E-state index contributed by atoms with van der Waals surface area (Å²) in [6, 6.07) is 16.7. The molecule has 0 saturated carbocycles. The van der Waals surface area contributed by atoms with Gasteiger partial charge in [0.25, 0.3) is 0 Å². The number of piperazine rings is 1. The van der Waals surface area contributed by atoms with Crippen molar-refractivity contribution in [3.63, 3.8) is 0 Å². The molecule has 4 rings (SSSR count). The molecular weight excluding hydrogens is 336 g/mol. The number of likely N-dealkylation sites (tertiary alicyclic amines) is 1. The second-order valence-electron chi connectivity index (χ2n) is 7.38. The van der Waals surface area contributed by atoms with Gasteiger partial charge in [0.2, 0.25) is 0 Å². The molecule has 1 aromatic carbocycles. The number of benzene rings is 1. The minimum atomic E-state index is -0.267. The molecular formula is C22H28N4O. The molecule has 142 valence electrons. The van der Waals surface area contributed by atoms with Crippen molar-refractivity contribution in [3.8, 4) is 0 Å². The number of aliphatic hydroxyl groups excluding tert-OH is 1. The molecule has 2 saturated heterocycles. The second-order valence-corrected chi connectivity index (χ2v) is 7.38. The molecule has 2 aliphatic rings. The number of hydrogen-bond acceptors (Lipinski definition) is 5. The minimum Gasteiger partial charge on any atom is -0.390 e. The summed E-state index contributed by atoms with van der Waals surface area (Å²) >= 11 is 0. The third-order valence-electron chi connectivity index (χ3n) is 5.56. The van der Waals surface area contributed by atoms with Gasteiger partial charge < -0.3 is 10.0 Å². The van der Waals surface area contributed by atoms with Crippen molar-refractivity contribution in [1.29, 1.82) is 0 Å². The van der Waals surface area contributed by atoms with Gasteiger partial charge in [-0.2, -0.15) is 0 Å². The fourth-order valence-corrected chi connectivity index (χ4v) is 4.08. The highest BCUT2D eigenvalue weighted by atomic mass is 16.3. The Hall–Kier alpha value is -2.21. The number of anilines is 1. The maximum Gasteiger partial charge on any atom is 0.128 e. The number of β-amino-alcohol motifs (C(OH)–C–C–N with tert-alkyl or cyclic N) is 1. The fourth-order valence-electron chi connectivity index (χ4n) is 4.08. The van der Waals surface area contributed by atoms with Gasteiger partial charge in [-0.05, 0) is 17.7 Å². The largest absolute Gasteiger partial charge is 0.390 e. The lowest BCUT2D eigenvalue weighted by Gasteiger charge is -2.39. The monoisotopic (exact) mass is 364 g/mol. The van der Waals surface area contributed by atoms with Gasteiger partial charge in [0, 0.05) is 58.1 Å². The Morgan fingerprint density at radius 3 is 2.48 bits per heavy atom. The average molecular weight is 364 g/mol. The lowest BCUT2D eigenvalue weighted by molar-refractivity contribution is 0.0790. The van der Waals surface area contributed by atoms with E-state index >= 15 is 0 Å². The molecule has 0 bridgehead atoms. The Balaban J connectivity index is 1.27. The normalized spacial score (nSPS) is 24.7. The van der Waals surface area contributed by atoms with E-state index in [4.69, 9.17) is 0 Å². The molecule has 0 amide bonds. The van der Waals surface area contributed by atoms with Gasteiger partial charge in [-0.3, -0.25) is 9.80 Å². The Labute approximate surface area is 161 Å². The van der Waals surface area contributed by atoms with Gasteiger partial charge >= 0.3 is 0 Å². The van der Waals surface area contributed by atoms with Gasteiger partial charge in [0.1, 0.15) is 5.82 Å². The molecule has 2 atom stereocenters. The SMILES string of the molecule is O[C@H]1CN(CC=Cc2ccccc2)C[C@@H]1N1CCN(c2ccccn2)CC1. The molecule has 2 aromatic rings. The highest BCUT2D eigenvalue weighted by molar-refractivity contribution is 5.48. The van der Waals surface area contributed by atoms with E-state index in [2.05, 4.69) is 62.2 Å². The summed E-state index contributed by atoms with van der Waals surface area (Å²) in [7, 11) is 0. The molecule has 5 nitrogen and oxygen atoms in total. The van der Waals surface area contributed by atoms with Crippen molar-refractivity contribution >= 4 is 11.9 Å². The molecule has 27 heavy (non-hydrogen) atoms. The van der Waals surface area contributed by atoms with Crippen LogP contribution in [0.5, 0.6) is 0 Å². The predicted molar refractivity (Wildman–Crippen MR) is 110 cm³/mol. The highest BCUT2D eigenvalue weighted by Crippen LogP contribution is 2.20. The molecule has 3 heterocycles. The van der Waals surface area contributed by atoms with Crippen molar-refractivity contribution < 1.29 is 5.11 Å². The molecule has 2 aliphatic heterocycles. The van der Waals surface area contributed by atoms with E-state index in [9.17, 15) is 5.11 Å². The van der Waals surface area contributed by atoms with Crippen molar-refractivity contribution in [3.05, 3.63) is 66.4 Å². The zero-order valence-electron chi connectivity index (χ0n) is 15.7. The number of aliphatic hydroxyl groups is 1. The fraction of sp³-hybridized carbons (Fsp3) is 0.409. The van der Waals surface area contributed by atoms with Crippen LogP contribution in [0.4, 0.5) is 5.82 Å². The Morgan fingerprint density at radius 1 is 0.963 bits per heavy atom. The molecule has 0 aliphatic carbocycles. The summed E-state index contributed by atoms with van der Waals surface area (Å²) in [5.41, 5.74) is 1.22. The van der Waals surface area contributed by atoms with Crippen LogP contribution in [-0.2, 0) is 0 Å². The first-order valence-electron chi connectivity index (χ1n) is 9.81. The Morgan fingerprint density at radius 2 is 1.74 bits per heavy atom. The lowest BCUT2D eigenvalue weighted by atomic mass is 10.1. The van der Waals surface area contributed by atoms with Crippen LogP contribution in [0.3, 0.4) is 0 Å². The summed E-state index contributed by atoms with van der Waals surface area (Å²) < 4.78 is 0. The van der Waals surface area contributed by atoms with Crippen LogP contribution in [0, 0.1) is 0 Å². The van der Waals surface area contributed by atoms with E-state index in [0.29, 0.717) is 0 Å². The van der Waals surface area contributed by atoms with Crippen molar-refractivity contribution in [2.75, 3.05) is 50.7 Å². The quantitative estimate of drug-likeness (QED) is 0.879. The van der Waals surface area contributed by atoms with Crippen molar-refractivity contribution in [1.82, 2.24) is 14.8 Å². The summed E-state index contributed by atoms with van der Waals surface area (Å²) in [5, 5.41) is 10.6. The first-order valence-corrected chi connectivity index (χ1v) is 9.81. The lowest BCUT2D eigenvalue weighted by Crippen LogP contribution is -2.54. The van der Waals surface area contributed by atoms with E-state index in [1.165, 1.54) is 5.56 Å². The van der Waals surface area contributed by atoms with Crippen LogP contribution in [0.2, 0.25) is 0 Å². The summed E-state index contributed by atoms with van der Waals surface area (Å²) in [6.07, 6.45) is 5.94. The molecule has 1 aromatic heterocycles. The number of aromatic nitrogens is 1. The Kier molecular flexibility index (Phi) is 5.82. The molecule has 0 radical (unpaired) electrons. The van der Waals surface area contributed by atoms with Crippen LogP contribution in [0.25, 0.3) is 6.08 Å². The van der Waals surface area contributed by atoms with Crippen molar-refractivity contribution in [2.24, 2.45) is 0 Å². The maximum atomic E-state index is 10.6. The van der Waals surface area contributed by atoms with Crippen LogP contribution < -0.4 is 4.90 Å². The zero-order chi connectivity index (χ0) is 18.5. The summed E-state index contributed by atoms with van der Waals surface area (Å²) in [4.78, 5) is 11.6.